The molecule has 0 fully saturated rings. The van der Waals surface area contributed by atoms with Crippen molar-refractivity contribution >= 4 is 11.9 Å². The molecule has 0 aromatic carbocycles. The van der Waals surface area contributed by atoms with Crippen LogP contribution in [-0.2, 0) is 9.59 Å². The van der Waals surface area contributed by atoms with Gasteiger partial charge >= 0.3 is 29.6 Å². The summed E-state index contributed by atoms with van der Waals surface area (Å²) < 4.78 is 0. The van der Waals surface area contributed by atoms with Crippen LogP contribution in [0.2, 0.25) is 0 Å². The van der Waals surface area contributed by atoms with Crippen LogP contribution in [0.15, 0.2) is 0 Å². The smallest absolute Gasteiger partial charge is 1.00 e. The van der Waals surface area contributed by atoms with Crippen molar-refractivity contribution in [2.45, 2.75) is 32.6 Å². The number of aliphatic carboxylic acids is 2. The summed E-state index contributed by atoms with van der Waals surface area (Å²) >= 11 is 0. The van der Waals surface area contributed by atoms with Crippen molar-refractivity contribution in [3.05, 3.63) is 0 Å². The van der Waals surface area contributed by atoms with Gasteiger partial charge in [0.25, 0.3) is 11.9 Å². The van der Waals surface area contributed by atoms with E-state index in [0.717, 1.165) is 13.8 Å². The number of rotatable bonds is 3. The maximum absolute atomic E-state index is 9.00. The standard InChI is InChI=1S/C4H12N2O2.2C2H4O2.Na.H/c5-2-3(6)1-4(7)8;2*1-2(3)4;;/h3-4,7-8H,1-2,5-6H2;2*1H3,(H,3,4);;/q;;;+1;-1. The minimum atomic E-state index is -1.33. The molecule has 0 amide bonds. The topological polar surface area (TPSA) is 167 Å². The quantitative estimate of drug-likeness (QED) is 0.218. The van der Waals surface area contributed by atoms with Gasteiger partial charge in [0.05, 0.1) is 0 Å². The van der Waals surface area contributed by atoms with E-state index in [2.05, 4.69) is 0 Å². The molecule has 0 saturated carbocycles. The van der Waals surface area contributed by atoms with Crippen molar-refractivity contribution in [3.8, 4) is 0 Å². The molecule has 0 rings (SSSR count). The van der Waals surface area contributed by atoms with E-state index in [1.807, 2.05) is 0 Å². The van der Waals surface area contributed by atoms with Crippen LogP contribution < -0.4 is 41.0 Å². The van der Waals surface area contributed by atoms with Crippen molar-refractivity contribution in [1.29, 1.82) is 0 Å². The van der Waals surface area contributed by atoms with E-state index in [9.17, 15) is 0 Å². The molecular formula is C8H21N2NaO6. The van der Waals surface area contributed by atoms with Gasteiger partial charge in [-0.05, 0) is 0 Å². The third-order valence-corrected chi connectivity index (χ3v) is 0.816. The number of carbonyl (C=O) groups is 2. The maximum atomic E-state index is 9.00. The van der Waals surface area contributed by atoms with Crippen LogP contribution >= 0.6 is 0 Å². The van der Waals surface area contributed by atoms with Gasteiger partial charge in [-0.25, -0.2) is 0 Å². The molecule has 0 aliphatic heterocycles. The van der Waals surface area contributed by atoms with Crippen molar-refractivity contribution in [3.63, 3.8) is 0 Å². The van der Waals surface area contributed by atoms with Gasteiger partial charge < -0.3 is 33.3 Å². The SMILES string of the molecule is CC(=O)O.CC(=O)O.NCC(N)CC(O)O.[H-].[Na+]. The Morgan fingerprint density at radius 1 is 1.18 bits per heavy atom. The zero-order valence-electron chi connectivity index (χ0n) is 11.3. The largest absolute Gasteiger partial charge is 1.00 e. The summed E-state index contributed by atoms with van der Waals surface area (Å²) in [5.74, 6) is -1.67. The number of carboxylic acids is 2. The second-order valence-corrected chi connectivity index (χ2v) is 2.75. The summed E-state index contributed by atoms with van der Waals surface area (Å²) in [5.41, 5.74) is 10.3. The molecule has 1 unspecified atom stereocenters. The normalized spacial score (nSPS) is 9.82. The molecule has 0 saturated heterocycles. The fourth-order valence-electron chi connectivity index (χ4n) is 0.367. The summed E-state index contributed by atoms with van der Waals surface area (Å²) in [7, 11) is 0. The van der Waals surface area contributed by atoms with Gasteiger partial charge in [-0.15, -0.1) is 0 Å². The molecule has 0 aliphatic carbocycles. The van der Waals surface area contributed by atoms with Gasteiger partial charge in [0.15, 0.2) is 6.29 Å². The molecule has 1 atom stereocenters. The maximum Gasteiger partial charge on any atom is 1.00 e. The van der Waals surface area contributed by atoms with Gasteiger partial charge in [-0.3, -0.25) is 9.59 Å². The molecule has 0 radical (unpaired) electrons. The Balaban J connectivity index is -0.0000000489. The predicted molar refractivity (Wildman–Crippen MR) is 57.6 cm³/mol. The Hall–Kier alpha value is -0.220. The zero-order valence-corrected chi connectivity index (χ0v) is 12.3. The summed E-state index contributed by atoms with van der Waals surface area (Å²) in [4.78, 5) is 18.0. The van der Waals surface area contributed by atoms with Gasteiger partial charge in [-0.1, -0.05) is 0 Å². The minimum Gasteiger partial charge on any atom is -1.00 e. The summed E-state index contributed by atoms with van der Waals surface area (Å²) in [6.07, 6.45) is -1.18. The number of aliphatic hydroxyl groups is 2. The van der Waals surface area contributed by atoms with Crippen LogP contribution in [0, 0.1) is 0 Å². The molecule has 100 valence electrons. The van der Waals surface area contributed by atoms with E-state index < -0.39 is 18.2 Å². The van der Waals surface area contributed by atoms with Crippen molar-refractivity contribution in [2.24, 2.45) is 11.5 Å². The molecule has 8 N–H and O–H groups in total. The molecule has 0 heterocycles. The first-order valence-electron chi connectivity index (χ1n) is 4.34. The van der Waals surface area contributed by atoms with E-state index in [1.54, 1.807) is 0 Å². The van der Waals surface area contributed by atoms with Crippen LogP contribution in [0.4, 0.5) is 0 Å². The van der Waals surface area contributed by atoms with E-state index in [0.29, 0.717) is 0 Å². The van der Waals surface area contributed by atoms with Gasteiger partial charge in [-0.2, -0.15) is 0 Å². The second-order valence-electron chi connectivity index (χ2n) is 2.75. The van der Waals surface area contributed by atoms with Crippen molar-refractivity contribution < 1.29 is 61.0 Å². The predicted octanol–water partition coefficient (Wildman–Crippen LogP) is -4.73. The van der Waals surface area contributed by atoms with Crippen LogP contribution in [0.25, 0.3) is 0 Å². The van der Waals surface area contributed by atoms with Crippen molar-refractivity contribution in [1.82, 2.24) is 0 Å². The van der Waals surface area contributed by atoms with Gasteiger partial charge in [0.2, 0.25) is 0 Å². The van der Waals surface area contributed by atoms with Crippen LogP contribution in [0.5, 0.6) is 0 Å². The van der Waals surface area contributed by atoms with E-state index in [1.165, 1.54) is 0 Å². The molecule has 0 bridgehead atoms. The Bertz CT molecular complexity index is 176. The third kappa shape index (κ3) is 89.7. The molecule has 9 heteroatoms. The Morgan fingerprint density at radius 2 is 1.41 bits per heavy atom. The van der Waals surface area contributed by atoms with E-state index in [-0.39, 0.29) is 50.0 Å². The monoisotopic (exact) mass is 264 g/mol. The van der Waals surface area contributed by atoms with Crippen LogP contribution in [-0.4, -0.2) is 51.2 Å². The number of hydrogen-bond donors (Lipinski definition) is 6. The molecule has 0 aromatic heterocycles. The first-order chi connectivity index (χ1) is 7.13. The molecular weight excluding hydrogens is 243 g/mol. The molecule has 0 aromatic rings. The summed E-state index contributed by atoms with van der Waals surface area (Å²) in [5, 5.41) is 31.4. The van der Waals surface area contributed by atoms with Crippen LogP contribution in [0.3, 0.4) is 0 Å². The Morgan fingerprint density at radius 3 is 1.47 bits per heavy atom. The number of nitrogens with two attached hydrogens (primary N) is 2. The average molecular weight is 264 g/mol. The average Bonchev–Trinajstić information content (AvgIpc) is 2.00. The molecule has 17 heavy (non-hydrogen) atoms. The molecule has 8 nitrogen and oxygen atoms in total. The number of hydrogen-bond acceptors (Lipinski definition) is 6. The number of aliphatic hydroxyl groups excluding tert-OH is 1. The van der Waals surface area contributed by atoms with Crippen molar-refractivity contribution in [2.75, 3.05) is 6.54 Å². The molecule has 0 aliphatic rings. The third-order valence-electron chi connectivity index (χ3n) is 0.816. The summed E-state index contributed by atoms with van der Waals surface area (Å²) in [6, 6.07) is -0.296. The first kappa shape index (κ1) is 25.6. The second kappa shape index (κ2) is 18.2. The molecule has 0 spiro atoms. The zero-order chi connectivity index (χ0) is 13.7. The fraction of sp³-hybridized carbons (Fsp3) is 0.750. The van der Waals surface area contributed by atoms with E-state index >= 15 is 0 Å². The van der Waals surface area contributed by atoms with Crippen LogP contribution in [0.1, 0.15) is 21.7 Å². The summed E-state index contributed by atoms with van der Waals surface area (Å²) in [6.45, 7) is 2.46. The van der Waals surface area contributed by atoms with E-state index in [4.69, 9.17) is 41.5 Å². The first-order valence-corrected chi connectivity index (χ1v) is 4.34. The Kier molecular flexibility index (Phi) is 27.3. The minimum absolute atomic E-state index is 0. The number of carboxylic acid groups (broad SMARTS) is 2. The van der Waals surface area contributed by atoms with Gasteiger partial charge in [0, 0.05) is 32.9 Å². The fourth-order valence-corrected chi connectivity index (χ4v) is 0.367. The Labute approximate surface area is 123 Å². The van der Waals surface area contributed by atoms with Gasteiger partial charge in [0.1, 0.15) is 0 Å².